The monoisotopic (exact) mass is 331 g/mol. The topological polar surface area (TPSA) is 20.3 Å². The Morgan fingerprint density at radius 2 is 1.21 bits per heavy atom. The summed E-state index contributed by atoms with van der Waals surface area (Å²) in [6.07, 6.45) is 15.2. The molecule has 2 heteroatoms. The summed E-state index contributed by atoms with van der Waals surface area (Å²) in [4.78, 5) is 14.2. The van der Waals surface area contributed by atoms with Gasteiger partial charge in [0.1, 0.15) is 0 Å². The number of benzene rings is 1. The van der Waals surface area contributed by atoms with Crippen molar-refractivity contribution in [1.29, 1.82) is 0 Å². The molecule has 1 aromatic carbocycles. The van der Waals surface area contributed by atoms with Crippen molar-refractivity contribution in [3.63, 3.8) is 0 Å². The van der Waals surface area contributed by atoms with E-state index in [0.29, 0.717) is 6.42 Å². The molecule has 0 unspecified atom stereocenters. The summed E-state index contributed by atoms with van der Waals surface area (Å²) in [5.74, 6) is 0.288. The highest BCUT2D eigenvalue weighted by Gasteiger charge is 2.06. The van der Waals surface area contributed by atoms with E-state index in [9.17, 15) is 4.79 Å². The average Bonchev–Trinajstić information content (AvgIpc) is 2.59. The molecule has 0 heterocycles. The predicted molar refractivity (Wildman–Crippen MR) is 106 cm³/mol. The first-order chi connectivity index (χ1) is 11.6. The zero-order valence-electron chi connectivity index (χ0n) is 16.2. The number of ketones is 1. The van der Waals surface area contributed by atoms with Gasteiger partial charge < -0.3 is 4.90 Å². The molecule has 0 bridgehead atoms. The number of unbranched alkanes of at least 4 members (excludes halogenated alkanes) is 10. The second-order valence-corrected chi connectivity index (χ2v) is 7.15. The van der Waals surface area contributed by atoms with Crippen LogP contribution in [-0.2, 0) is 0 Å². The van der Waals surface area contributed by atoms with Crippen LogP contribution in [0.3, 0.4) is 0 Å². The zero-order valence-corrected chi connectivity index (χ0v) is 16.2. The summed E-state index contributed by atoms with van der Waals surface area (Å²) >= 11 is 0. The Morgan fingerprint density at radius 3 is 1.67 bits per heavy atom. The summed E-state index contributed by atoms with van der Waals surface area (Å²) in [7, 11) is 4.03. The van der Waals surface area contributed by atoms with E-state index in [2.05, 4.69) is 11.8 Å². The number of nitrogens with zero attached hydrogens (tertiary/aromatic N) is 1. The molecule has 0 amide bonds. The molecule has 0 saturated heterocycles. The second-order valence-electron chi connectivity index (χ2n) is 7.15. The van der Waals surface area contributed by atoms with Crippen LogP contribution in [0.1, 0.15) is 94.3 Å². The molecule has 136 valence electrons. The fraction of sp³-hybridized carbons (Fsp3) is 0.682. The first kappa shape index (κ1) is 20.7. The van der Waals surface area contributed by atoms with Crippen LogP contribution in [-0.4, -0.2) is 19.9 Å². The molecule has 24 heavy (non-hydrogen) atoms. The molecular weight excluding hydrogens is 294 g/mol. The van der Waals surface area contributed by atoms with Gasteiger partial charge in [0.2, 0.25) is 0 Å². The molecule has 2 nitrogen and oxygen atoms in total. The van der Waals surface area contributed by atoms with Gasteiger partial charge in [-0.05, 0) is 30.7 Å². The maximum absolute atomic E-state index is 12.2. The summed E-state index contributed by atoms with van der Waals surface area (Å²) < 4.78 is 0. The van der Waals surface area contributed by atoms with Gasteiger partial charge in [-0.25, -0.2) is 0 Å². The van der Waals surface area contributed by atoms with Gasteiger partial charge in [0, 0.05) is 31.8 Å². The highest BCUT2D eigenvalue weighted by atomic mass is 16.1. The zero-order chi connectivity index (χ0) is 17.6. The molecule has 0 aliphatic heterocycles. The molecule has 0 spiro atoms. The number of hydrogen-bond acceptors (Lipinski definition) is 2. The minimum atomic E-state index is 0.288. The number of anilines is 1. The van der Waals surface area contributed by atoms with Crippen LogP contribution in [0.25, 0.3) is 0 Å². The minimum Gasteiger partial charge on any atom is -0.378 e. The van der Waals surface area contributed by atoms with Gasteiger partial charge in [-0.2, -0.15) is 0 Å². The molecule has 0 aromatic heterocycles. The smallest absolute Gasteiger partial charge is 0.162 e. The predicted octanol–water partition coefficient (Wildman–Crippen LogP) is 6.64. The van der Waals surface area contributed by atoms with Crippen LogP contribution in [0.2, 0.25) is 0 Å². The summed E-state index contributed by atoms with van der Waals surface area (Å²) in [5, 5.41) is 0. The van der Waals surface area contributed by atoms with Crippen LogP contribution in [0.5, 0.6) is 0 Å². The van der Waals surface area contributed by atoms with E-state index in [4.69, 9.17) is 0 Å². The van der Waals surface area contributed by atoms with E-state index >= 15 is 0 Å². The highest BCUT2D eigenvalue weighted by molar-refractivity contribution is 5.96. The van der Waals surface area contributed by atoms with Crippen LogP contribution >= 0.6 is 0 Å². The van der Waals surface area contributed by atoms with Crippen LogP contribution in [0.4, 0.5) is 5.69 Å². The van der Waals surface area contributed by atoms with Gasteiger partial charge in [0.05, 0.1) is 0 Å². The van der Waals surface area contributed by atoms with E-state index in [-0.39, 0.29) is 5.78 Å². The normalized spacial score (nSPS) is 10.8. The van der Waals surface area contributed by atoms with Gasteiger partial charge in [-0.15, -0.1) is 0 Å². The van der Waals surface area contributed by atoms with Crippen molar-refractivity contribution in [2.24, 2.45) is 0 Å². The Morgan fingerprint density at radius 1 is 0.750 bits per heavy atom. The molecule has 0 aliphatic carbocycles. The molecule has 0 atom stereocenters. The number of carbonyl (C=O) groups excluding carboxylic acids is 1. The lowest BCUT2D eigenvalue weighted by Gasteiger charge is -2.12. The first-order valence-electron chi connectivity index (χ1n) is 9.95. The first-order valence-corrected chi connectivity index (χ1v) is 9.95. The summed E-state index contributed by atoms with van der Waals surface area (Å²) in [6, 6.07) is 7.95. The maximum atomic E-state index is 12.2. The van der Waals surface area contributed by atoms with Gasteiger partial charge in [-0.1, -0.05) is 71.1 Å². The van der Waals surface area contributed by atoms with Crippen molar-refractivity contribution in [3.05, 3.63) is 29.8 Å². The molecular formula is C22H37NO. The maximum Gasteiger partial charge on any atom is 0.162 e. The van der Waals surface area contributed by atoms with Crippen LogP contribution in [0, 0.1) is 0 Å². The Hall–Kier alpha value is -1.31. The molecule has 0 radical (unpaired) electrons. The third kappa shape index (κ3) is 9.10. The third-order valence-electron chi connectivity index (χ3n) is 4.71. The van der Waals surface area contributed by atoms with E-state index in [1.54, 1.807) is 0 Å². The lowest BCUT2D eigenvalue weighted by molar-refractivity contribution is 0.0979. The van der Waals surface area contributed by atoms with Crippen molar-refractivity contribution in [2.75, 3.05) is 19.0 Å². The number of Topliss-reactive ketones (excluding diaryl/α,β-unsaturated/α-hetero) is 1. The molecule has 1 rings (SSSR count). The van der Waals surface area contributed by atoms with E-state index in [0.717, 1.165) is 17.7 Å². The number of hydrogen-bond donors (Lipinski definition) is 0. The van der Waals surface area contributed by atoms with Crippen molar-refractivity contribution in [1.82, 2.24) is 0 Å². The van der Waals surface area contributed by atoms with Crippen molar-refractivity contribution >= 4 is 11.5 Å². The third-order valence-corrected chi connectivity index (χ3v) is 4.71. The Kier molecular flexibility index (Phi) is 11.3. The quantitative estimate of drug-likeness (QED) is 0.281. The largest absolute Gasteiger partial charge is 0.378 e. The molecule has 0 aliphatic rings. The SMILES string of the molecule is CCCCCCCCCCCCCC(=O)c1ccc(N(C)C)cc1. The van der Waals surface area contributed by atoms with E-state index in [1.165, 1.54) is 64.2 Å². The standard InChI is InChI=1S/C22H37NO/c1-4-5-6-7-8-9-10-11-12-13-14-15-22(24)20-16-18-21(19-17-20)23(2)3/h16-19H,4-15H2,1-3H3. The lowest BCUT2D eigenvalue weighted by atomic mass is 10.0. The van der Waals surface area contributed by atoms with E-state index < -0.39 is 0 Å². The number of carbonyl (C=O) groups is 1. The lowest BCUT2D eigenvalue weighted by Crippen LogP contribution is -2.08. The Bertz CT molecular complexity index is 436. The van der Waals surface area contributed by atoms with Gasteiger partial charge in [0.25, 0.3) is 0 Å². The molecule has 0 saturated carbocycles. The summed E-state index contributed by atoms with van der Waals surface area (Å²) in [6.45, 7) is 2.27. The van der Waals surface area contributed by atoms with Gasteiger partial charge in [-0.3, -0.25) is 4.79 Å². The molecule has 0 N–H and O–H groups in total. The minimum absolute atomic E-state index is 0.288. The van der Waals surface area contributed by atoms with E-state index in [1.807, 2.05) is 38.4 Å². The van der Waals surface area contributed by atoms with Gasteiger partial charge >= 0.3 is 0 Å². The highest BCUT2D eigenvalue weighted by Crippen LogP contribution is 2.16. The van der Waals surface area contributed by atoms with Crippen LogP contribution in [0.15, 0.2) is 24.3 Å². The van der Waals surface area contributed by atoms with Crippen molar-refractivity contribution in [2.45, 2.75) is 84.0 Å². The van der Waals surface area contributed by atoms with Crippen LogP contribution < -0.4 is 4.90 Å². The van der Waals surface area contributed by atoms with Crippen molar-refractivity contribution in [3.8, 4) is 0 Å². The molecule has 1 aromatic rings. The van der Waals surface area contributed by atoms with Crippen molar-refractivity contribution < 1.29 is 4.79 Å². The van der Waals surface area contributed by atoms with Gasteiger partial charge in [0.15, 0.2) is 5.78 Å². The Balaban J connectivity index is 2.01. The fourth-order valence-corrected chi connectivity index (χ4v) is 3.04. The Labute approximate surface area is 149 Å². The average molecular weight is 332 g/mol. The second kappa shape index (κ2) is 13.0. The summed E-state index contributed by atoms with van der Waals surface area (Å²) in [5.41, 5.74) is 1.99. The number of rotatable bonds is 14. The fourth-order valence-electron chi connectivity index (χ4n) is 3.04. The molecule has 0 fully saturated rings.